The average molecular weight is 473 g/mol. The summed E-state index contributed by atoms with van der Waals surface area (Å²) in [6.45, 7) is 10.2. The van der Waals surface area contributed by atoms with E-state index >= 15 is 0 Å². The van der Waals surface area contributed by atoms with E-state index in [0.29, 0.717) is 15.7 Å². The summed E-state index contributed by atoms with van der Waals surface area (Å²) >= 11 is 2.70. The number of nitrogens with one attached hydrogen (secondary N) is 1. The molecule has 1 aromatic carbocycles. The molecule has 7 nitrogen and oxygen atoms in total. The van der Waals surface area contributed by atoms with E-state index in [-0.39, 0.29) is 23.6 Å². The summed E-state index contributed by atoms with van der Waals surface area (Å²) in [5.74, 6) is 0.599. The van der Waals surface area contributed by atoms with Crippen LogP contribution in [0.25, 0.3) is 11.1 Å². The molecule has 0 aliphatic carbocycles. The molecule has 2 heterocycles. The van der Waals surface area contributed by atoms with Gasteiger partial charge in [0.2, 0.25) is 5.91 Å². The molecule has 0 bridgehead atoms. The number of anilines is 1. The number of carbonyl (C=O) groups is 2. The molecule has 0 aliphatic rings. The Bertz CT molecular complexity index is 1100. The lowest BCUT2D eigenvalue weighted by molar-refractivity contribution is -0.113. The molecule has 0 atom stereocenters. The molecule has 0 spiro atoms. The second-order valence-corrected chi connectivity index (χ2v) is 10.1. The van der Waals surface area contributed by atoms with Crippen LogP contribution < -0.4 is 5.32 Å². The first kappa shape index (κ1) is 24.0. The number of hydrogen-bond donors (Lipinski definition) is 1. The van der Waals surface area contributed by atoms with Crippen molar-refractivity contribution < 1.29 is 14.3 Å². The van der Waals surface area contributed by atoms with Gasteiger partial charge in [-0.1, -0.05) is 55.9 Å². The van der Waals surface area contributed by atoms with Crippen molar-refractivity contribution in [3.8, 4) is 11.1 Å². The van der Waals surface area contributed by atoms with Gasteiger partial charge >= 0.3 is 5.97 Å². The SMILES string of the molecule is COC(=O)c1c(NC(=O)CSc2nnc(C(C)C)n2C(C)C)sc(C)c1-c1ccccc1. The minimum absolute atomic E-state index is 0.154. The number of methoxy groups -OCH3 is 1. The third-order valence-corrected chi connectivity index (χ3v) is 6.81. The highest BCUT2D eigenvalue weighted by molar-refractivity contribution is 7.99. The second kappa shape index (κ2) is 10.3. The molecule has 9 heteroatoms. The maximum absolute atomic E-state index is 12.8. The first-order valence-corrected chi connectivity index (χ1v) is 12.2. The van der Waals surface area contributed by atoms with Gasteiger partial charge in [0.05, 0.1) is 12.9 Å². The number of aryl methyl sites for hydroxylation is 1. The van der Waals surface area contributed by atoms with Crippen molar-refractivity contribution in [2.45, 2.75) is 51.7 Å². The standard InChI is InChI=1S/C23H28N4O3S2/c1-13(2)20-25-26-23(27(20)14(3)4)31-12-17(28)24-21-19(22(29)30-6)18(15(5)32-21)16-10-8-7-9-11-16/h7-11,13-14H,12H2,1-6H3,(H,24,28). The molecule has 0 fully saturated rings. The Kier molecular flexibility index (Phi) is 7.73. The van der Waals surface area contributed by atoms with Crippen LogP contribution in [0.5, 0.6) is 0 Å². The van der Waals surface area contributed by atoms with Crippen LogP contribution in [0.4, 0.5) is 5.00 Å². The summed E-state index contributed by atoms with van der Waals surface area (Å²) in [5, 5.41) is 12.7. The Balaban J connectivity index is 1.83. The van der Waals surface area contributed by atoms with Crippen molar-refractivity contribution in [3.05, 3.63) is 46.6 Å². The topological polar surface area (TPSA) is 86.1 Å². The molecule has 0 unspecified atom stereocenters. The van der Waals surface area contributed by atoms with Crippen molar-refractivity contribution >= 4 is 40.0 Å². The fourth-order valence-corrected chi connectivity index (χ4v) is 5.40. The lowest BCUT2D eigenvalue weighted by Crippen LogP contribution is -2.17. The van der Waals surface area contributed by atoms with Gasteiger partial charge in [0.15, 0.2) is 5.16 Å². The molecule has 3 aromatic rings. The van der Waals surface area contributed by atoms with E-state index in [9.17, 15) is 9.59 Å². The third-order valence-electron chi connectivity index (χ3n) is 4.85. The van der Waals surface area contributed by atoms with Gasteiger partial charge in [0, 0.05) is 22.4 Å². The monoisotopic (exact) mass is 472 g/mol. The number of benzene rings is 1. The highest BCUT2D eigenvalue weighted by atomic mass is 32.2. The van der Waals surface area contributed by atoms with E-state index in [1.165, 1.54) is 30.2 Å². The maximum Gasteiger partial charge on any atom is 0.341 e. The predicted molar refractivity (Wildman–Crippen MR) is 130 cm³/mol. The predicted octanol–water partition coefficient (Wildman–Crippen LogP) is 5.54. The summed E-state index contributed by atoms with van der Waals surface area (Å²) in [5.41, 5.74) is 2.07. The van der Waals surface area contributed by atoms with Gasteiger partial charge in [-0.3, -0.25) is 4.79 Å². The van der Waals surface area contributed by atoms with E-state index < -0.39 is 5.97 Å². The fourth-order valence-electron chi connectivity index (χ4n) is 3.44. The number of aromatic nitrogens is 3. The van der Waals surface area contributed by atoms with Gasteiger partial charge < -0.3 is 14.6 Å². The highest BCUT2D eigenvalue weighted by Gasteiger charge is 2.25. The zero-order valence-corrected chi connectivity index (χ0v) is 20.8. The summed E-state index contributed by atoms with van der Waals surface area (Å²) in [6.07, 6.45) is 0. The van der Waals surface area contributed by atoms with Crippen molar-refractivity contribution in [1.29, 1.82) is 0 Å². The normalized spacial score (nSPS) is 11.2. The number of thioether (sulfide) groups is 1. The maximum atomic E-state index is 12.8. The van der Waals surface area contributed by atoms with E-state index in [4.69, 9.17) is 4.74 Å². The zero-order chi connectivity index (χ0) is 23.4. The van der Waals surface area contributed by atoms with Crippen LogP contribution in [0.15, 0.2) is 35.5 Å². The van der Waals surface area contributed by atoms with E-state index in [0.717, 1.165) is 21.8 Å². The Morgan fingerprint density at radius 1 is 1.16 bits per heavy atom. The minimum Gasteiger partial charge on any atom is -0.465 e. The van der Waals surface area contributed by atoms with Crippen LogP contribution in [-0.2, 0) is 9.53 Å². The van der Waals surface area contributed by atoms with Crippen LogP contribution in [-0.4, -0.2) is 39.5 Å². The number of ether oxygens (including phenoxy) is 1. The van der Waals surface area contributed by atoms with Crippen molar-refractivity contribution in [3.63, 3.8) is 0 Å². The number of nitrogens with zero attached hydrogens (tertiary/aromatic N) is 3. The summed E-state index contributed by atoms with van der Waals surface area (Å²) < 4.78 is 7.08. The molecule has 3 rings (SSSR count). The molecule has 0 aliphatic heterocycles. The third kappa shape index (κ3) is 5.05. The molecule has 1 amide bonds. The van der Waals surface area contributed by atoms with E-state index in [1.807, 2.05) is 37.3 Å². The Hall–Kier alpha value is -2.65. The van der Waals surface area contributed by atoms with Gasteiger partial charge in [-0.25, -0.2) is 4.79 Å². The van der Waals surface area contributed by atoms with Crippen LogP contribution in [0.3, 0.4) is 0 Å². The number of amides is 1. The molecule has 32 heavy (non-hydrogen) atoms. The van der Waals surface area contributed by atoms with Crippen molar-refractivity contribution in [2.24, 2.45) is 0 Å². The first-order chi connectivity index (χ1) is 15.2. The lowest BCUT2D eigenvalue weighted by atomic mass is 10.0. The molecular formula is C23H28N4O3S2. The fraction of sp³-hybridized carbons (Fsp3) is 0.391. The molecule has 0 saturated heterocycles. The lowest BCUT2D eigenvalue weighted by Gasteiger charge is -2.15. The second-order valence-electron chi connectivity index (χ2n) is 7.89. The molecule has 0 radical (unpaired) electrons. The zero-order valence-electron chi connectivity index (χ0n) is 19.1. The molecule has 1 N–H and O–H groups in total. The van der Waals surface area contributed by atoms with Crippen molar-refractivity contribution in [1.82, 2.24) is 14.8 Å². The summed E-state index contributed by atoms with van der Waals surface area (Å²) in [6, 6.07) is 9.82. The van der Waals surface area contributed by atoms with Gasteiger partial charge in [-0.2, -0.15) is 0 Å². The number of esters is 1. The summed E-state index contributed by atoms with van der Waals surface area (Å²) in [4.78, 5) is 26.3. The van der Waals surface area contributed by atoms with Gasteiger partial charge in [-0.15, -0.1) is 21.5 Å². The van der Waals surface area contributed by atoms with Crippen LogP contribution >= 0.6 is 23.1 Å². The van der Waals surface area contributed by atoms with Crippen LogP contribution in [0.1, 0.15) is 60.7 Å². The van der Waals surface area contributed by atoms with Crippen LogP contribution in [0.2, 0.25) is 0 Å². The number of rotatable bonds is 8. The van der Waals surface area contributed by atoms with Gasteiger partial charge in [0.1, 0.15) is 16.4 Å². The minimum atomic E-state index is -0.475. The Morgan fingerprint density at radius 2 is 1.84 bits per heavy atom. The molecular weight excluding hydrogens is 444 g/mol. The van der Waals surface area contributed by atoms with E-state index in [2.05, 4.69) is 47.8 Å². The Morgan fingerprint density at radius 3 is 2.44 bits per heavy atom. The molecule has 2 aromatic heterocycles. The highest BCUT2D eigenvalue weighted by Crippen LogP contribution is 2.40. The molecule has 0 saturated carbocycles. The van der Waals surface area contributed by atoms with Crippen molar-refractivity contribution in [2.75, 3.05) is 18.2 Å². The van der Waals surface area contributed by atoms with Crippen LogP contribution in [0, 0.1) is 6.92 Å². The largest absolute Gasteiger partial charge is 0.465 e. The smallest absolute Gasteiger partial charge is 0.341 e. The average Bonchev–Trinajstić information content (AvgIpc) is 3.33. The number of carbonyl (C=O) groups excluding carboxylic acids is 2. The number of thiophene rings is 1. The van der Waals surface area contributed by atoms with Gasteiger partial charge in [-0.05, 0) is 26.3 Å². The first-order valence-electron chi connectivity index (χ1n) is 10.4. The molecule has 170 valence electrons. The summed E-state index contributed by atoms with van der Waals surface area (Å²) in [7, 11) is 1.34. The Labute approximate surface area is 196 Å². The quantitative estimate of drug-likeness (QED) is 0.342. The number of hydrogen-bond acceptors (Lipinski definition) is 7. The van der Waals surface area contributed by atoms with E-state index in [1.54, 1.807) is 0 Å². The van der Waals surface area contributed by atoms with Gasteiger partial charge in [0.25, 0.3) is 0 Å².